The van der Waals surface area contributed by atoms with Crippen LogP contribution < -0.4 is 0 Å². The van der Waals surface area contributed by atoms with Gasteiger partial charge >= 0.3 is 5.97 Å². The molecule has 0 radical (unpaired) electrons. The Morgan fingerprint density at radius 1 is 1.16 bits per heavy atom. The fraction of sp³-hybridized carbons (Fsp3) is 0.588. The first kappa shape index (κ1) is 17.7. The Morgan fingerprint density at radius 2 is 1.79 bits per heavy atom. The van der Waals surface area contributed by atoms with Crippen molar-refractivity contribution in [1.29, 1.82) is 0 Å². The van der Waals surface area contributed by atoms with E-state index in [1.54, 1.807) is 6.08 Å². The van der Waals surface area contributed by atoms with Gasteiger partial charge in [-0.3, -0.25) is 4.79 Å². The molecule has 2 nitrogen and oxygen atoms in total. The molecular weight excluding hydrogens is 236 g/mol. The number of hydrogen-bond donors (Lipinski definition) is 0. The minimum absolute atomic E-state index is 0.258. The van der Waals surface area contributed by atoms with E-state index in [0.717, 1.165) is 25.7 Å². The second-order valence-electron chi connectivity index (χ2n) is 5.52. The summed E-state index contributed by atoms with van der Waals surface area (Å²) in [5, 5.41) is 0. The van der Waals surface area contributed by atoms with Crippen LogP contribution in [0.5, 0.6) is 0 Å². The minimum Gasteiger partial charge on any atom is -0.455 e. The van der Waals surface area contributed by atoms with Gasteiger partial charge in [0.15, 0.2) is 0 Å². The summed E-state index contributed by atoms with van der Waals surface area (Å²) in [6.45, 7) is 13.5. The fourth-order valence-electron chi connectivity index (χ4n) is 1.82. The molecule has 0 aliphatic carbocycles. The number of esters is 1. The fourth-order valence-corrected chi connectivity index (χ4v) is 1.82. The summed E-state index contributed by atoms with van der Waals surface area (Å²) in [6.07, 6.45) is 10.0. The van der Waals surface area contributed by atoms with Crippen molar-refractivity contribution in [3.63, 3.8) is 0 Å². The largest absolute Gasteiger partial charge is 0.455 e. The molecule has 1 atom stereocenters. The van der Waals surface area contributed by atoms with Gasteiger partial charge in [-0.15, -0.1) is 0 Å². The molecule has 0 aliphatic rings. The molecule has 0 bridgehead atoms. The van der Waals surface area contributed by atoms with Crippen molar-refractivity contribution in [2.45, 2.75) is 65.9 Å². The summed E-state index contributed by atoms with van der Waals surface area (Å²) in [5.74, 6) is -0.258. The van der Waals surface area contributed by atoms with Crippen LogP contribution in [0.15, 0.2) is 36.0 Å². The van der Waals surface area contributed by atoms with Crippen LogP contribution in [0.4, 0.5) is 0 Å². The summed E-state index contributed by atoms with van der Waals surface area (Å²) in [5.41, 5.74) is 2.19. The molecule has 0 aromatic carbocycles. The zero-order valence-electron chi connectivity index (χ0n) is 13.1. The Hall–Kier alpha value is -1.31. The molecule has 0 amide bonds. The topological polar surface area (TPSA) is 26.3 Å². The van der Waals surface area contributed by atoms with E-state index < -0.39 is 5.60 Å². The highest BCUT2D eigenvalue weighted by Crippen LogP contribution is 2.20. The smallest absolute Gasteiger partial charge is 0.303 e. The number of carbonyl (C=O) groups excluding carboxylic acids is 1. The van der Waals surface area contributed by atoms with Crippen molar-refractivity contribution in [3.05, 3.63) is 36.0 Å². The number of hydrogen-bond acceptors (Lipinski definition) is 2. The molecule has 108 valence electrons. The molecule has 0 spiro atoms. The van der Waals surface area contributed by atoms with Gasteiger partial charge in [0.1, 0.15) is 5.60 Å². The average Bonchev–Trinajstić information content (AvgIpc) is 2.27. The maximum atomic E-state index is 11.0. The summed E-state index contributed by atoms with van der Waals surface area (Å²) in [6, 6.07) is 0. The van der Waals surface area contributed by atoms with Gasteiger partial charge in [-0.25, -0.2) is 0 Å². The second-order valence-corrected chi connectivity index (χ2v) is 5.52. The number of carbonyl (C=O) groups is 1. The first-order valence-corrected chi connectivity index (χ1v) is 6.91. The number of allylic oxidation sites excluding steroid dienone is 4. The van der Waals surface area contributed by atoms with Gasteiger partial charge in [0.05, 0.1) is 0 Å². The van der Waals surface area contributed by atoms with Crippen LogP contribution >= 0.6 is 0 Å². The summed E-state index contributed by atoms with van der Waals surface area (Å²) < 4.78 is 5.29. The highest BCUT2D eigenvalue weighted by molar-refractivity contribution is 5.66. The Balaban J connectivity index is 4.20. The van der Waals surface area contributed by atoms with Crippen LogP contribution in [0.1, 0.15) is 60.3 Å². The maximum absolute atomic E-state index is 11.0. The molecule has 0 N–H and O–H groups in total. The molecule has 2 heteroatoms. The van der Waals surface area contributed by atoms with Crippen LogP contribution in [-0.4, -0.2) is 11.6 Å². The number of rotatable bonds is 8. The van der Waals surface area contributed by atoms with Crippen LogP contribution in [0.2, 0.25) is 0 Å². The second kappa shape index (κ2) is 8.73. The third kappa shape index (κ3) is 9.29. The van der Waals surface area contributed by atoms with E-state index in [0.29, 0.717) is 0 Å². The zero-order chi connectivity index (χ0) is 14.9. The summed E-state index contributed by atoms with van der Waals surface area (Å²) in [4.78, 5) is 11.0. The molecular formula is C17H28O2. The van der Waals surface area contributed by atoms with E-state index in [2.05, 4.69) is 39.5 Å². The molecule has 0 fully saturated rings. The van der Waals surface area contributed by atoms with Crippen LogP contribution in [0.3, 0.4) is 0 Å². The lowest BCUT2D eigenvalue weighted by Crippen LogP contribution is -2.27. The molecule has 0 heterocycles. The molecule has 0 aromatic rings. The molecule has 0 aliphatic heterocycles. The van der Waals surface area contributed by atoms with Crippen molar-refractivity contribution in [2.24, 2.45) is 0 Å². The number of ether oxygens (including phenoxy) is 1. The molecule has 19 heavy (non-hydrogen) atoms. The van der Waals surface area contributed by atoms with E-state index in [4.69, 9.17) is 4.74 Å². The highest BCUT2D eigenvalue weighted by Gasteiger charge is 2.22. The standard InChI is InChI=1S/C17H28O2/c1-7-17(6,19-16(5)18)13-9-12-15(4)11-8-10-14(2)3/h7,10,12H,1,8-9,11,13H2,2-6H3/b15-12-/t17-/m1/s1. The zero-order valence-corrected chi connectivity index (χ0v) is 13.1. The van der Waals surface area contributed by atoms with Gasteiger partial charge in [0, 0.05) is 6.92 Å². The summed E-state index contributed by atoms with van der Waals surface area (Å²) >= 11 is 0. The minimum atomic E-state index is -0.553. The third-order valence-electron chi connectivity index (χ3n) is 3.03. The Kier molecular flexibility index (Phi) is 8.13. The van der Waals surface area contributed by atoms with E-state index in [1.807, 2.05) is 6.92 Å². The quantitative estimate of drug-likeness (QED) is 0.457. The molecule has 0 aromatic heterocycles. The van der Waals surface area contributed by atoms with Crippen molar-refractivity contribution >= 4 is 5.97 Å². The van der Waals surface area contributed by atoms with E-state index >= 15 is 0 Å². The lowest BCUT2D eigenvalue weighted by molar-refractivity contribution is -0.151. The lowest BCUT2D eigenvalue weighted by atomic mass is 9.98. The van der Waals surface area contributed by atoms with Crippen molar-refractivity contribution in [1.82, 2.24) is 0 Å². The van der Waals surface area contributed by atoms with E-state index in [9.17, 15) is 4.79 Å². The van der Waals surface area contributed by atoms with E-state index in [-0.39, 0.29) is 5.97 Å². The molecule has 0 rings (SSSR count). The van der Waals surface area contributed by atoms with Gasteiger partial charge in [0.25, 0.3) is 0 Å². The molecule has 0 unspecified atom stereocenters. The normalized spacial score (nSPS) is 14.5. The third-order valence-corrected chi connectivity index (χ3v) is 3.03. The van der Waals surface area contributed by atoms with Gasteiger partial charge in [-0.1, -0.05) is 29.9 Å². The Labute approximate surface area is 118 Å². The maximum Gasteiger partial charge on any atom is 0.303 e. The van der Waals surface area contributed by atoms with E-state index in [1.165, 1.54) is 18.1 Å². The SMILES string of the molecule is C=C[C@](C)(CC/C=C(/C)CCC=C(C)C)OC(C)=O. The van der Waals surface area contributed by atoms with Gasteiger partial charge in [0.2, 0.25) is 0 Å². The van der Waals surface area contributed by atoms with Gasteiger partial charge in [-0.2, -0.15) is 0 Å². The molecule has 0 saturated carbocycles. The monoisotopic (exact) mass is 264 g/mol. The van der Waals surface area contributed by atoms with Crippen molar-refractivity contribution in [2.75, 3.05) is 0 Å². The average molecular weight is 264 g/mol. The highest BCUT2D eigenvalue weighted by atomic mass is 16.6. The van der Waals surface area contributed by atoms with Gasteiger partial charge < -0.3 is 4.74 Å². The first-order chi connectivity index (χ1) is 8.79. The Bertz CT molecular complexity index is 359. The lowest BCUT2D eigenvalue weighted by Gasteiger charge is -2.24. The Morgan fingerprint density at radius 3 is 2.26 bits per heavy atom. The van der Waals surface area contributed by atoms with Crippen LogP contribution in [0, 0.1) is 0 Å². The van der Waals surface area contributed by atoms with Gasteiger partial charge in [-0.05, 0) is 59.5 Å². The van der Waals surface area contributed by atoms with Crippen molar-refractivity contribution in [3.8, 4) is 0 Å². The molecule has 0 saturated heterocycles. The predicted octanol–water partition coefficient (Wildman–Crippen LogP) is 4.97. The summed E-state index contributed by atoms with van der Waals surface area (Å²) in [7, 11) is 0. The first-order valence-electron chi connectivity index (χ1n) is 6.91. The predicted molar refractivity (Wildman–Crippen MR) is 82.0 cm³/mol. The van der Waals surface area contributed by atoms with Crippen molar-refractivity contribution < 1.29 is 9.53 Å². The van der Waals surface area contributed by atoms with Crippen LogP contribution in [-0.2, 0) is 9.53 Å². The van der Waals surface area contributed by atoms with Crippen LogP contribution in [0.25, 0.3) is 0 Å².